The number of carbonyl (C=O) groups is 1. The Hall–Kier alpha value is -2.86. The van der Waals surface area contributed by atoms with Gasteiger partial charge in [0.15, 0.2) is 11.5 Å². The van der Waals surface area contributed by atoms with Gasteiger partial charge < -0.3 is 30.2 Å². The Morgan fingerprint density at radius 1 is 1.24 bits per heavy atom. The molecule has 0 spiro atoms. The van der Waals surface area contributed by atoms with Gasteiger partial charge in [0.25, 0.3) is 0 Å². The molecule has 2 N–H and O–H groups in total. The largest absolute Gasteiger partial charge is 0.545 e. The van der Waals surface area contributed by atoms with Gasteiger partial charge in [-0.2, -0.15) is 0 Å². The first-order chi connectivity index (χ1) is 12.0. The molecule has 1 heterocycles. The number of halogens is 1. The molecule has 0 radical (unpaired) electrons. The zero-order valence-corrected chi connectivity index (χ0v) is 14.2. The molecule has 0 bridgehead atoms. The number of benzene rings is 2. The minimum atomic E-state index is -1.32. The average molecular weight is 360 g/mol. The lowest BCUT2D eigenvalue weighted by Crippen LogP contribution is -2.24. The molecule has 0 saturated carbocycles. The number of carboxylic acids is 1. The number of fused-ring (bicyclic) bond motifs is 1. The number of ether oxygens (including phenoxy) is 2. The smallest absolute Gasteiger partial charge is 0.231 e. The van der Waals surface area contributed by atoms with Gasteiger partial charge >= 0.3 is 0 Å². The van der Waals surface area contributed by atoms with Gasteiger partial charge in [0.2, 0.25) is 6.79 Å². The number of allylic oxidation sites excluding steroid dienone is 2. The van der Waals surface area contributed by atoms with E-state index in [0.717, 1.165) is 22.8 Å². The van der Waals surface area contributed by atoms with E-state index in [2.05, 4.69) is 10.9 Å². The van der Waals surface area contributed by atoms with Crippen molar-refractivity contribution in [2.45, 2.75) is 13.3 Å². The molecule has 1 aliphatic rings. The van der Waals surface area contributed by atoms with E-state index in [1.165, 1.54) is 12.1 Å². The Morgan fingerprint density at radius 3 is 2.84 bits per heavy atom. The number of carbonyl (C=O) groups excluding carboxylic acids is 1. The van der Waals surface area contributed by atoms with Crippen LogP contribution in [0.25, 0.3) is 0 Å². The van der Waals surface area contributed by atoms with Crippen molar-refractivity contribution < 1.29 is 19.4 Å². The van der Waals surface area contributed by atoms with Crippen LogP contribution < -0.4 is 25.4 Å². The zero-order valence-electron chi connectivity index (χ0n) is 13.5. The minimum Gasteiger partial charge on any atom is -0.545 e. The molecule has 130 valence electrons. The fraction of sp³-hybridized carbons (Fsp3) is 0.167. The standard InChI is InChI=1S/C18H17ClN2O4/c1-11(2-3-12-4-7-16-17(8-12)25-10-24-16)20-21-13-5-6-15(19)14(9-13)18(22)23/h2,4-9,20-21H,3,10H2,1H3,(H,22,23)/p-1/b11-2-. The van der Waals surface area contributed by atoms with Crippen molar-refractivity contribution in [1.82, 2.24) is 5.43 Å². The number of aromatic carboxylic acids is 1. The van der Waals surface area contributed by atoms with Crippen LogP contribution in [0.3, 0.4) is 0 Å². The number of rotatable bonds is 6. The van der Waals surface area contributed by atoms with E-state index in [9.17, 15) is 9.90 Å². The maximum absolute atomic E-state index is 11.0. The summed E-state index contributed by atoms with van der Waals surface area (Å²) in [5.41, 5.74) is 8.42. The van der Waals surface area contributed by atoms with E-state index in [1.807, 2.05) is 31.2 Å². The molecule has 2 aromatic rings. The second-order valence-electron chi connectivity index (χ2n) is 5.51. The fourth-order valence-corrected chi connectivity index (χ4v) is 2.51. The Kier molecular flexibility index (Phi) is 5.00. The van der Waals surface area contributed by atoms with Gasteiger partial charge in [-0.1, -0.05) is 23.7 Å². The molecule has 0 aliphatic carbocycles. The number of hydrazine groups is 1. The van der Waals surface area contributed by atoms with Crippen LogP contribution in [-0.2, 0) is 6.42 Å². The molecule has 1 aliphatic heterocycles. The van der Waals surface area contributed by atoms with Crippen molar-refractivity contribution in [1.29, 1.82) is 0 Å². The molecule has 6 nitrogen and oxygen atoms in total. The average Bonchev–Trinajstić information content (AvgIpc) is 3.06. The molecule has 3 rings (SSSR count). The van der Waals surface area contributed by atoms with Crippen molar-refractivity contribution in [3.63, 3.8) is 0 Å². The lowest BCUT2D eigenvalue weighted by molar-refractivity contribution is -0.255. The summed E-state index contributed by atoms with van der Waals surface area (Å²) < 4.78 is 10.6. The summed E-state index contributed by atoms with van der Waals surface area (Å²) in [5, 5.41) is 11.1. The third kappa shape index (κ3) is 4.16. The maximum Gasteiger partial charge on any atom is 0.231 e. The van der Waals surface area contributed by atoms with E-state index in [1.54, 1.807) is 6.07 Å². The SMILES string of the molecule is C/C(=C/Cc1ccc2c(c1)OCO2)NNc1ccc(Cl)c(C(=O)[O-])c1. The van der Waals surface area contributed by atoms with Crippen LogP contribution in [0.2, 0.25) is 5.02 Å². The fourth-order valence-electron chi connectivity index (χ4n) is 2.32. The van der Waals surface area contributed by atoms with Crippen molar-refractivity contribution in [3.05, 3.63) is 64.3 Å². The van der Waals surface area contributed by atoms with Gasteiger partial charge in [0.1, 0.15) is 0 Å². The molecule has 0 amide bonds. The highest BCUT2D eigenvalue weighted by Crippen LogP contribution is 2.32. The summed E-state index contributed by atoms with van der Waals surface area (Å²) in [7, 11) is 0. The summed E-state index contributed by atoms with van der Waals surface area (Å²) in [5.74, 6) is 0.199. The number of anilines is 1. The van der Waals surface area contributed by atoms with Gasteiger partial charge in [-0.15, -0.1) is 0 Å². The van der Waals surface area contributed by atoms with Crippen LogP contribution in [0.1, 0.15) is 22.8 Å². The van der Waals surface area contributed by atoms with E-state index < -0.39 is 5.97 Å². The molecule has 0 atom stereocenters. The third-order valence-corrected chi connectivity index (χ3v) is 4.00. The lowest BCUT2D eigenvalue weighted by atomic mass is 10.1. The van der Waals surface area contributed by atoms with Crippen LogP contribution >= 0.6 is 11.6 Å². The zero-order chi connectivity index (χ0) is 17.8. The monoisotopic (exact) mass is 359 g/mol. The topological polar surface area (TPSA) is 82.7 Å². The van der Waals surface area contributed by atoms with Crippen molar-refractivity contribution in [3.8, 4) is 11.5 Å². The second-order valence-corrected chi connectivity index (χ2v) is 5.92. The van der Waals surface area contributed by atoms with Gasteiger partial charge in [0.05, 0.1) is 11.7 Å². The van der Waals surface area contributed by atoms with Gasteiger partial charge in [-0.05, 0) is 49.2 Å². The minimum absolute atomic E-state index is 0.0598. The molecule has 0 unspecified atom stereocenters. The first kappa shape index (κ1) is 17.0. The van der Waals surface area contributed by atoms with Crippen LogP contribution in [0.4, 0.5) is 5.69 Å². The van der Waals surface area contributed by atoms with E-state index >= 15 is 0 Å². The quantitative estimate of drug-likeness (QED) is 0.771. The van der Waals surface area contributed by atoms with Gasteiger partial charge in [-0.25, -0.2) is 0 Å². The van der Waals surface area contributed by atoms with Crippen molar-refractivity contribution in [2.24, 2.45) is 0 Å². The number of carboxylic acid groups (broad SMARTS) is 1. The molecule has 25 heavy (non-hydrogen) atoms. The number of nitrogens with one attached hydrogen (secondary N) is 2. The Morgan fingerprint density at radius 2 is 2.04 bits per heavy atom. The highest BCUT2D eigenvalue weighted by molar-refractivity contribution is 6.33. The number of hydrogen-bond donors (Lipinski definition) is 2. The molecule has 7 heteroatoms. The Labute approximate surface area is 150 Å². The molecule has 2 aromatic carbocycles. The Bertz CT molecular complexity index is 836. The first-order valence-corrected chi connectivity index (χ1v) is 7.99. The van der Waals surface area contributed by atoms with Crippen LogP contribution in [0.5, 0.6) is 11.5 Å². The predicted molar refractivity (Wildman–Crippen MR) is 92.6 cm³/mol. The Balaban J connectivity index is 1.59. The van der Waals surface area contributed by atoms with E-state index in [-0.39, 0.29) is 17.4 Å². The van der Waals surface area contributed by atoms with Crippen molar-refractivity contribution >= 4 is 23.3 Å². The normalized spacial score (nSPS) is 12.8. The molecular weight excluding hydrogens is 344 g/mol. The lowest BCUT2D eigenvalue weighted by Gasteiger charge is -2.13. The summed E-state index contributed by atoms with van der Waals surface area (Å²) in [4.78, 5) is 11.0. The molecular formula is C18H16ClN2O4-. The van der Waals surface area contributed by atoms with Crippen molar-refractivity contribution in [2.75, 3.05) is 12.2 Å². The second kappa shape index (κ2) is 7.36. The maximum atomic E-state index is 11.0. The predicted octanol–water partition coefficient (Wildman–Crippen LogP) is 2.50. The summed E-state index contributed by atoms with van der Waals surface area (Å²) in [6.07, 6.45) is 2.71. The van der Waals surface area contributed by atoms with E-state index in [0.29, 0.717) is 12.1 Å². The number of hydrogen-bond acceptors (Lipinski definition) is 6. The van der Waals surface area contributed by atoms with Crippen LogP contribution in [0, 0.1) is 0 Å². The molecule has 0 saturated heterocycles. The highest BCUT2D eigenvalue weighted by Gasteiger charge is 2.12. The van der Waals surface area contributed by atoms with Crippen LogP contribution in [-0.4, -0.2) is 12.8 Å². The summed E-state index contributed by atoms with van der Waals surface area (Å²) in [6, 6.07) is 10.4. The molecule has 0 aromatic heterocycles. The van der Waals surface area contributed by atoms with Gasteiger partial charge in [-0.3, -0.25) is 0 Å². The molecule has 0 fully saturated rings. The summed E-state index contributed by atoms with van der Waals surface area (Å²) >= 11 is 5.81. The third-order valence-electron chi connectivity index (χ3n) is 3.67. The summed E-state index contributed by atoms with van der Waals surface area (Å²) in [6.45, 7) is 2.16. The van der Waals surface area contributed by atoms with Crippen LogP contribution in [0.15, 0.2) is 48.2 Å². The highest BCUT2D eigenvalue weighted by atomic mass is 35.5. The van der Waals surface area contributed by atoms with E-state index in [4.69, 9.17) is 21.1 Å². The van der Waals surface area contributed by atoms with Gasteiger partial charge in [0, 0.05) is 16.3 Å². The first-order valence-electron chi connectivity index (χ1n) is 7.61.